The minimum atomic E-state index is -4.33. The SMILES string of the molecule is CC(=O)N(C)C.CCC(=O)N1CCOCC1.CCC1CCCO1.CCC1CCOCC1.CCC=C(C)C.CCCN1CCOCC1.CCCNC(C)=O.CCCNS(C)(=O)=O.CCCn1cncn1.CCc1c(C)noc1C.CCc1cccc(C(F)(F)F)n1.CCc1ncccn1.CCc1ncco1.CS(=O)(=O)Cc1ccccc1.CS(=O)(=O)c1ccccc1. The number of morpholine rings is 2. The van der Waals surface area contributed by atoms with Gasteiger partial charge in [0.2, 0.25) is 27.7 Å². The molecule has 2 aromatic carbocycles. The molecule has 0 saturated carbocycles. The Balaban J connectivity index is -0.000000635. The molecule has 720 valence electrons. The number of alkyl halides is 3. The number of carbonyl (C=O) groups is 3. The molecule has 5 aromatic heterocycles. The molecule has 9 heterocycles. The number of allylic oxidation sites excluding steroid dienone is 2. The van der Waals surface area contributed by atoms with Crippen LogP contribution in [-0.4, -0.2) is 229 Å². The van der Waals surface area contributed by atoms with Crippen LogP contribution < -0.4 is 10.0 Å². The lowest BCUT2D eigenvalue weighted by Gasteiger charge is -2.26. The lowest BCUT2D eigenvalue weighted by molar-refractivity contribution is -0.141. The molecule has 0 radical (unpaired) electrons. The lowest BCUT2D eigenvalue weighted by Crippen LogP contribution is -2.40. The molecular weight excluding hydrogens is 1680 g/mol. The first-order chi connectivity index (χ1) is 59.7. The fraction of sp³-hybridized carbons (Fsp3) is 0.630. The maximum Gasteiger partial charge on any atom is 0.433 e. The second-order valence-corrected chi connectivity index (χ2v) is 35.2. The standard InChI is InChI=1S/C8H8F3N.C8H10O2S.C7H13NO2.C7H11NO.C7H15NO.C7H8O2S.C7H14O.C6H8N2.C6H12O.C6H12.C5H9N3.C5H7NO.C5H11NO.C4H11NO2S.C4H9NO/c1-2-6-4-3-5-7(12-6)8(9,10)11;1-11(9,10)7-8-5-3-2-4-6-8;1-2-7(9)8-3-5-10-6-4-8;1-4-7-5(2)8-9-6(7)3;1-2-3-8-4-6-9-7-5-8;1-10(8,9)7-5-3-2-4-6-7;1-2-7-3-5-8-6-4-7;1-2-6-7-4-3-5-8-6;1-2-6-4-3-5-7-6;1-4-5-6(2)3;1-2-3-8-5-6-4-7-8;1-2-5-6-3-4-7-5;1-3-4-6-5(2)7;1-3-4-5-8(2,6)7;1-4(6)5(2)3/h3-5H,2H2,1H3;2-6H,7H2,1H3;2-6H2,1H3;4H2,1-3H3;2-7H2,1H3;2-6H,1H3;7H,2-6H2,1H3;3-5H,2H2,1H3;6H,2-5H2,1H3;5H,4H2,1-3H3;4-5H,2-3H2,1H3;3-4H,2H2,1H3;3-4H2,1-2H3,(H,6,7);5H,3-4H2,1-2H3;1-3H3. The molecule has 0 aliphatic carbocycles. The van der Waals surface area contributed by atoms with Crippen molar-refractivity contribution in [3.63, 3.8) is 0 Å². The van der Waals surface area contributed by atoms with Crippen LogP contribution >= 0.6 is 0 Å². The van der Waals surface area contributed by atoms with Gasteiger partial charge in [0.05, 0.1) is 61.3 Å². The number of aryl methyl sites for hydroxylation is 6. The molecule has 4 saturated heterocycles. The summed E-state index contributed by atoms with van der Waals surface area (Å²) >= 11 is 0. The smallest absolute Gasteiger partial charge is 0.433 e. The number of nitrogens with zero attached hydrogens (tertiary/aromatic N) is 11. The Bertz CT molecular complexity index is 4050. The lowest BCUT2D eigenvalue weighted by atomic mass is 9.98. The molecule has 1 unspecified atom stereocenters. The van der Waals surface area contributed by atoms with Gasteiger partial charge in [-0.2, -0.15) is 18.3 Å². The Hall–Kier alpha value is -8.22. The third-order valence-corrected chi connectivity index (χ3v) is 20.0. The van der Waals surface area contributed by atoms with Gasteiger partial charge in [-0.05, 0) is 153 Å². The normalized spacial score (nSPS) is 13.7. The van der Waals surface area contributed by atoms with Crippen LogP contribution in [0.5, 0.6) is 0 Å². The van der Waals surface area contributed by atoms with Crippen molar-refractivity contribution in [2.24, 2.45) is 5.92 Å². The van der Waals surface area contributed by atoms with Crippen LogP contribution in [0.25, 0.3) is 0 Å². The third kappa shape index (κ3) is 77.0. The predicted molar refractivity (Wildman–Crippen MR) is 501 cm³/mol. The van der Waals surface area contributed by atoms with Gasteiger partial charge >= 0.3 is 6.18 Å². The number of hydrogen-bond donors (Lipinski definition) is 2. The van der Waals surface area contributed by atoms with Crippen LogP contribution in [0.4, 0.5) is 13.2 Å². The number of carbonyl (C=O) groups excluding carboxylic acids is 3. The highest BCUT2D eigenvalue weighted by molar-refractivity contribution is 7.90. The Morgan fingerprint density at radius 1 is 0.619 bits per heavy atom. The molecule has 2 N–H and O–H groups in total. The average molecular weight is 1840 g/mol. The van der Waals surface area contributed by atoms with E-state index in [0.29, 0.717) is 49.3 Å². The summed E-state index contributed by atoms with van der Waals surface area (Å²) in [6, 6.07) is 23.2. The third-order valence-electron chi connectivity index (χ3n) is 17.3. The predicted octanol–water partition coefficient (Wildman–Crippen LogP) is 17.1. The summed E-state index contributed by atoms with van der Waals surface area (Å²) in [4.78, 5) is 56.5. The Morgan fingerprint density at radius 2 is 1.18 bits per heavy atom. The van der Waals surface area contributed by atoms with Gasteiger partial charge in [0.15, 0.2) is 25.6 Å². The average Bonchev–Trinajstić information content (AvgIpc) is 1.50. The summed E-state index contributed by atoms with van der Waals surface area (Å²) in [5.74, 6) is 4.15. The van der Waals surface area contributed by atoms with Crippen LogP contribution in [0.15, 0.2) is 148 Å². The number of ether oxygens (including phenoxy) is 4. The van der Waals surface area contributed by atoms with Crippen molar-refractivity contribution in [3.05, 3.63) is 180 Å². The zero-order chi connectivity index (χ0) is 96.1. The highest BCUT2D eigenvalue weighted by atomic mass is 32.2. The number of aromatic nitrogens is 8. The largest absolute Gasteiger partial charge is 0.449 e. The van der Waals surface area contributed by atoms with E-state index < -0.39 is 41.6 Å². The second-order valence-electron chi connectivity index (χ2n) is 29.2. The molecule has 7 aromatic rings. The maximum absolute atomic E-state index is 12.0. The highest BCUT2D eigenvalue weighted by Gasteiger charge is 2.32. The summed E-state index contributed by atoms with van der Waals surface area (Å²) in [6.07, 6.45) is 29.1. The summed E-state index contributed by atoms with van der Waals surface area (Å²) in [7, 11) is -5.37. The summed E-state index contributed by atoms with van der Waals surface area (Å²) < 4.78 is 135. The van der Waals surface area contributed by atoms with Gasteiger partial charge in [-0.25, -0.2) is 54.9 Å². The number of oxazole rings is 1. The van der Waals surface area contributed by atoms with Gasteiger partial charge in [0.25, 0.3) is 0 Å². The molecule has 28 nitrogen and oxygen atoms in total. The van der Waals surface area contributed by atoms with E-state index in [1.165, 1.54) is 106 Å². The minimum Gasteiger partial charge on any atom is -0.449 e. The van der Waals surface area contributed by atoms with Gasteiger partial charge in [-0.3, -0.25) is 24.0 Å². The van der Waals surface area contributed by atoms with E-state index >= 15 is 0 Å². The van der Waals surface area contributed by atoms with E-state index in [2.05, 4.69) is 112 Å². The molecule has 0 bridgehead atoms. The topological polar surface area (TPSA) is 346 Å². The number of benzene rings is 2. The fourth-order valence-corrected chi connectivity index (χ4v) is 12.2. The molecular formula is C92H158F3N13O15S3. The van der Waals surface area contributed by atoms with Crippen molar-refractivity contribution in [1.29, 1.82) is 0 Å². The maximum atomic E-state index is 12.0. The molecule has 1 atom stereocenters. The number of sulfonamides is 1. The molecule has 4 aliphatic heterocycles. The molecule has 0 spiro atoms. The molecule has 3 amide bonds. The van der Waals surface area contributed by atoms with Crippen LogP contribution in [0.1, 0.15) is 234 Å². The van der Waals surface area contributed by atoms with E-state index in [-0.39, 0.29) is 23.5 Å². The number of halogens is 3. The van der Waals surface area contributed by atoms with Crippen molar-refractivity contribution >= 4 is 47.4 Å². The number of hydrogen-bond acceptors (Lipinski definition) is 23. The van der Waals surface area contributed by atoms with Crippen LogP contribution in [0.3, 0.4) is 0 Å². The van der Waals surface area contributed by atoms with Crippen molar-refractivity contribution in [2.45, 2.75) is 257 Å². The monoisotopic (exact) mass is 1840 g/mol. The van der Waals surface area contributed by atoms with Crippen molar-refractivity contribution in [1.82, 2.24) is 64.6 Å². The minimum absolute atomic E-state index is 0.0573. The van der Waals surface area contributed by atoms with Gasteiger partial charge in [0, 0.05) is 149 Å². The first-order valence-electron chi connectivity index (χ1n) is 43.9. The fourth-order valence-electron chi connectivity index (χ4n) is 10.2. The number of sulfone groups is 2. The number of pyridine rings is 1. The van der Waals surface area contributed by atoms with E-state index in [0.717, 1.165) is 158 Å². The summed E-state index contributed by atoms with van der Waals surface area (Å²) in [6.45, 7) is 49.5. The number of amides is 3. The van der Waals surface area contributed by atoms with Gasteiger partial charge in [-0.1, -0.05) is 161 Å². The zero-order valence-corrected chi connectivity index (χ0v) is 82.8. The van der Waals surface area contributed by atoms with E-state index in [4.69, 9.17) is 27.9 Å². The van der Waals surface area contributed by atoms with Crippen LogP contribution in [0.2, 0.25) is 0 Å². The molecule has 4 fully saturated rings. The van der Waals surface area contributed by atoms with Crippen molar-refractivity contribution in [2.75, 3.05) is 125 Å². The number of rotatable bonds is 20. The van der Waals surface area contributed by atoms with E-state index in [1.54, 1.807) is 107 Å². The Morgan fingerprint density at radius 3 is 1.50 bits per heavy atom. The highest BCUT2D eigenvalue weighted by Crippen LogP contribution is 2.27. The van der Waals surface area contributed by atoms with Crippen LogP contribution in [0, 0.1) is 19.8 Å². The van der Waals surface area contributed by atoms with E-state index in [1.807, 2.05) is 82.3 Å². The molecule has 126 heavy (non-hydrogen) atoms. The quantitative estimate of drug-likeness (QED) is 0.0669. The second kappa shape index (κ2) is 79.0. The van der Waals surface area contributed by atoms with Gasteiger partial charge < -0.3 is 43.0 Å². The Kier molecular flexibility index (Phi) is 77.8. The van der Waals surface area contributed by atoms with Gasteiger partial charge in [-0.15, -0.1) is 0 Å². The van der Waals surface area contributed by atoms with E-state index in [9.17, 15) is 52.8 Å². The molecule has 11 rings (SSSR count). The molecule has 4 aliphatic rings. The van der Waals surface area contributed by atoms with Gasteiger partial charge in [0.1, 0.15) is 36.2 Å². The van der Waals surface area contributed by atoms with Crippen molar-refractivity contribution < 1.29 is 80.7 Å². The summed E-state index contributed by atoms with van der Waals surface area (Å²) in [5.41, 5.74) is 4.17. The zero-order valence-electron chi connectivity index (χ0n) is 80.3. The molecule has 34 heteroatoms. The number of nitrogens with one attached hydrogen (secondary N) is 2. The van der Waals surface area contributed by atoms with Crippen LogP contribution in [-0.2, 0) is 107 Å². The van der Waals surface area contributed by atoms with Crippen molar-refractivity contribution in [3.8, 4) is 0 Å². The first kappa shape index (κ1) is 124. The first-order valence-corrected chi connectivity index (χ1v) is 49.7. The Labute approximate surface area is 755 Å². The summed E-state index contributed by atoms with van der Waals surface area (Å²) in [5, 5.41) is 10.4.